The first-order valence-electron chi connectivity index (χ1n) is 6.92. The van der Waals surface area contributed by atoms with Crippen LogP contribution in [-0.2, 0) is 4.74 Å². The maximum atomic E-state index is 11.8. The first-order valence-corrected chi connectivity index (χ1v) is 6.92. The fourth-order valence-corrected chi connectivity index (χ4v) is 2.56. The molecule has 0 aromatic rings. The molecule has 0 bridgehead atoms. The van der Waals surface area contributed by atoms with Gasteiger partial charge in [-0.25, -0.2) is 4.79 Å². The Morgan fingerprint density at radius 3 is 2.33 bits per heavy atom. The summed E-state index contributed by atoms with van der Waals surface area (Å²) in [6, 6.07) is 0. The second-order valence-corrected chi connectivity index (χ2v) is 6.63. The summed E-state index contributed by atoms with van der Waals surface area (Å²) in [6.07, 6.45) is 0.860. The highest BCUT2D eigenvalue weighted by atomic mass is 16.6. The Labute approximate surface area is 111 Å². The lowest BCUT2D eigenvalue weighted by Gasteiger charge is -2.44. The predicted molar refractivity (Wildman–Crippen MR) is 73.3 cm³/mol. The van der Waals surface area contributed by atoms with Crippen LogP contribution in [0.1, 0.15) is 41.0 Å². The second-order valence-electron chi connectivity index (χ2n) is 6.63. The molecule has 0 aromatic carbocycles. The molecule has 1 unspecified atom stereocenters. The molecule has 1 rings (SSSR count). The van der Waals surface area contributed by atoms with Crippen LogP contribution in [0, 0.1) is 17.8 Å². The molecule has 106 valence electrons. The van der Waals surface area contributed by atoms with E-state index in [0.29, 0.717) is 17.8 Å². The van der Waals surface area contributed by atoms with Gasteiger partial charge in [0.15, 0.2) is 0 Å². The molecule has 2 N–H and O–H groups in total. The summed E-state index contributed by atoms with van der Waals surface area (Å²) >= 11 is 0. The second kappa shape index (κ2) is 5.91. The zero-order valence-electron chi connectivity index (χ0n) is 12.4. The molecule has 1 aliphatic rings. The first-order chi connectivity index (χ1) is 8.24. The van der Waals surface area contributed by atoms with Crippen molar-refractivity contribution in [2.75, 3.05) is 19.6 Å². The van der Waals surface area contributed by atoms with Crippen LogP contribution >= 0.6 is 0 Å². The highest BCUT2D eigenvalue weighted by Gasteiger charge is 2.38. The number of nitrogens with two attached hydrogens (primary N) is 1. The minimum atomic E-state index is -0.406. The van der Waals surface area contributed by atoms with E-state index in [1.807, 2.05) is 20.8 Å². The van der Waals surface area contributed by atoms with Gasteiger partial charge in [-0.3, -0.25) is 0 Å². The van der Waals surface area contributed by atoms with Gasteiger partial charge in [0, 0.05) is 13.1 Å². The van der Waals surface area contributed by atoms with Gasteiger partial charge >= 0.3 is 6.09 Å². The van der Waals surface area contributed by atoms with Crippen molar-refractivity contribution in [2.24, 2.45) is 23.5 Å². The van der Waals surface area contributed by atoms with Crippen LogP contribution in [0.4, 0.5) is 4.79 Å². The minimum Gasteiger partial charge on any atom is -0.444 e. The number of likely N-dealkylation sites (tertiary alicyclic amines) is 1. The highest BCUT2D eigenvalue weighted by Crippen LogP contribution is 2.32. The van der Waals surface area contributed by atoms with E-state index in [9.17, 15) is 4.79 Å². The van der Waals surface area contributed by atoms with E-state index < -0.39 is 5.60 Å². The molecule has 4 nitrogen and oxygen atoms in total. The van der Waals surface area contributed by atoms with Gasteiger partial charge in [0.1, 0.15) is 5.60 Å². The topological polar surface area (TPSA) is 55.6 Å². The summed E-state index contributed by atoms with van der Waals surface area (Å²) in [7, 11) is 0. The molecule has 18 heavy (non-hydrogen) atoms. The predicted octanol–water partition coefficient (Wildman–Crippen LogP) is 2.47. The third-order valence-corrected chi connectivity index (χ3v) is 3.52. The highest BCUT2D eigenvalue weighted by molar-refractivity contribution is 5.69. The number of amides is 1. The molecule has 4 heteroatoms. The molecule has 0 aromatic heterocycles. The number of carbonyl (C=O) groups is 1. The van der Waals surface area contributed by atoms with Gasteiger partial charge in [0.2, 0.25) is 0 Å². The van der Waals surface area contributed by atoms with Gasteiger partial charge in [-0.15, -0.1) is 0 Å². The lowest BCUT2D eigenvalue weighted by molar-refractivity contribution is -0.0163. The lowest BCUT2D eigenvalue weighted by atomic mass is 9.77. The summed E-state index contributed by atoms with van der Waals surface area (Å²) in [5.74, 6) is 1.83. The Kier molecular flexibility index (Phi) is 5.02. The third-order valence-electron chi connectivity index (χ3n) is 3.52. The van der Waals surface area contributed by atoms with Crippen molar-refractivity contribution >= 4 is 6.09 Å². The van der Waals surface area contributed by atoms with Gasteiger partial charge < -0.3 is 15.4 Å². The Balaban J connectivity index is 2.40. The average Bonchev–Trinajstić information content (AvgIpc) is 2.10. The van der Waals surface area contributed by atoms with Gasteiger partial charge in [-0.1, -0.05) is 13.8 Å². The largest absolute Gasteiger partial charge is 0.444 e. The summed E-state index contributed by atoms with van der Waals surface area (Å²) in [4.78, 5) is 13.6. The van der Waals surface area contributed by atoms with Crippen LogP contribution in [0.3, 0.4) is 0 Å². The van der Waals surface area contributed by atoms with Crippen LogP contribution in [0.2, 0.25) is 0 Å². The molecule has 0 aliphatic carbocycles. The molecular weight excluding hydrogens is 228 g/mol. The number of rotatable bonds is 4. The monoisotopic (exact) mass is 256 g/mol. The number of nitrogens with zero attached hydrogens (tertiary/aromatic N) is 1. The zero-order chi connectivity index (χ0) is 13.9. The molecule has 1 heterocycles. The number of carbonyl (C=O) groups excluding carboxylic acids is 1. The SMILES string of the molecule is CC(C)C(CCN)C1CN(C(=O)OC(C)(C)C)C1. The Morgan fingerprint density at radius 1 is 1.39 bits per heavy atom. The van der Waals surface area contributed by atoms with Crippen molar-refractivity contribution in [1.82, 2.24) is 4.90 Å². The van der Waals surface area contributed by atoms with Crippen LogP contribution in [-0.4, -0.2) is 36.2 Å². The summed E-state index contributed by atoms with van der Waals surface area (Å²) in [5, 5.41) is 0. The molecule has 0 radical (unpaired) electrons. The Hall–Kier alpha value is -0.770. The number of hydrogen-bond donors (Lipinski definition) is 1. The molecular formula is C14H28N2O2. The van der Waals surface area contributed by atoms with Crippen molar-refractivity contribution < 1.29 is 9.53 Å². The lowest BCUT2D eigenvalue weighted by Crippen LogP contribution is -2.54. The first kappa shape index (κ1) is 15.3. The minimum absolute atomic E-state index is 0.186. The van der Waals surface area contributed by atoms with E-state index in [1.165, 1.54) is 0 Å². The molecule has 1 atom stereocenters. The summed E-state index contributed by atoms with van der Waals surface area (Å²) in [5.41, 5.74) is 5.25. The van der Waals surface area contributed by atoms with E-state index in [-0.39, 0.29) is 6.09 Å². The van der Waals surface area contributed by atoms with Crippen LogP contribution < -0.4 is 5.73 Å². The normalized spacial score (nSPS) is 18.7. The van der Waals surface area contributed by atoms with Gasteiger partial charge in [0.05, 0.1) is 0 Å². The van der Waals surface area contributed by atoms with Crippen LogP contribution in [0.5, 0.6) is 0 Å². The summed E-state index contributed by atoms with van der Waals surface area (Å²) in [6.45, 7) is 12.5. The van der Waals surface area contributed by atoms with E-state index in [1.54, 1.807) is 4.90 Å². The van der Waals surface area contributed by atoms with Gasteiger partial charge in [0.25, 0.3) is 0 Å². The maximum absolute atomic E-state index is 11.8. The number of ether oxygens (including phenoxy) is 1. The Bertz CT molecular complexity index is 278. The number of hydrogen-bond acceptors (Lipinski definition) is 3. The van der Waals surface area contributed by atoms with Crippen LogP contribution in [0.25, 0.3) is 0 Å². The fraction of sp³-hybridized carbons (Fsp3) is 0.929. The smallest absolute Gasteiger partial charge is 0.410 e. The fourth-order valence-electron chi connectivity index (χ4n) is 2.56. The standard InChI is InChI=1S/C14H28N2O2/c1-10(2)12(6-7-15)11-8-16(9-11)13(17)18-14(3,4)5/h10-12H,6-9,15H2,1-5H3. The zero-order valence-corrected chi connectivity index (χ0v) is 12.4. The van der Waals surface area contributed by atoms with E-state index >= 15 is 0 Å². The molecule has 1 aliphatic heterocycles. The molecule has 0 saturated carbocycles. The maximum Gasteiger partial charge on any atom is 0.410 e. The van der Waals surface area contributed by atoms with Crippen molar-refractivity contribution in [2.45, 2.75) is 46.6 Å². The molecule has 1 amide bonds. The molecule has 0 spiro atoms. The summed E-state index contributed by atoms with van der Waals surface area (Å²) < 4.78 is 5.35. The van der Waals surface area contributed by atoms with E-state index in [4.69, 9.17) is 10.5 Å². The van der Waals surface area contributed by atoms with Crippen molar-refractivity contribution in [3.63, 3.8) is 0 Å². The van der Waals surface area contributed by atoms with Crippen molar-refractivity contribution in [3.05, 3.63) is 0 Å². The molecule has 1 saturated heterocycles. The quantitative estimate of drug-likeness (QED) is 0.840. The Morgan fingerprint density at radius 2 is 1.94 bits per heavy atom. The molecule has 1 fully saturated rings. The van der Waals surface area contributed by atoms with E-state index in [2.05, 4.69) is 13.8 Å². The van der Waals surface area contributed by atoms with Crippen LogP contribution in [0.15, 0.2) is 0 Å². The van der Waals surface area contributed by atoms with Gasteiger partial charge in [-0.05, 0) is 51.5 Å². The third kappa shape index (κ3) is 4.16. The van der Waals surface area contributed by atoms with Crippen molar-refractivity contribution in [3.8, 4) is 0 Å². The van der Waals surface area contributed by atoms with Gasteiger partial charge in [-0.2, -0.15) is 0 Å². The average molecular weight is 256 g/mol. The van der Waals surface area contributed by atoms with E-state index in [0.717, 1.165) is 26.1 Å². The van der Waals surface area contributed by atoms with Crippen molar-refractivity contribution in [1.29, 1.82) is 0 Å².